The second-order valence-electron chi connectivity index (χ2n) is 4.76. The van der Waals surface area contributed by atoms with Crippen LogP contribution in [0.4, 0.5) is 18.9 Å². The van der Waals surface area contributed by atoms with Crippen LogP contribution in [0.1, 0.15) is 12.0 Å². The SMILES string of the molecule is CSCC[C@H](N)C(=O)Nc1ccc(OCC(F)(F)F)c(C)c1.Cl. The highest BCUT2D eigenvalue weighted by molar-refractivity contribution is 7.98. The quantitative estimate of drug-likeness (QED) is 0.770. The van der Waals surface area contributed by atoms with Crippen LogP contribution in [-0.4, -0.2) is 36.7 Å². The Balaban J connectivity index is 0.00000484. The van der Waals surface area contributed by atoms with Gasteiger partial charge in [-0.15, -0.1) is 12.4 Å². The average molecular weight is 373 g/mol. The van der Waals surface area contributed by atoms with Crippen molar-refractivity contribution in [1.82, 2.24) is 0 Å². The van der Waals surface area contributed by atoms with Crippen LogP contribution < -0.4 is 15.8 Å². The number of hydrogen-bond donors (Lipinski definition) is 2. The predicted molar refractivity (Wildman–Crippen MR) is 89.6 cm³/mol. The van der Waals surface area contributed by atoms with Crippen LogP contribution in [-0.2, 0) is 4.79 Å². The number of rotatable bonds is 7. The number of alkyl halides is 3. The van der Waals surface area contributed by atoms with E-state index in [1.54, 1.807) is 24.8 Å². The highest BCUT2D eigenvalue weighted by atomic mass is 35.5. The van der Waals surface area contributed by atoms with Crippen LogP contribution in [0.25, 0.3) is 0 Å². The monoisotopic (exact) mass is 372 g/mol. The molecule has 132 valence electrons. The van der Waals surface area contributed by atoms with E-state index in [1.165, 1.54) is 12.1 Å². The maximum atomic E-state index is 12.1. The van der Waals surface area contributed by atoms with Crippen molar-refractivity contribution >= 4 is 35.8 Å². The molecule has 0 spiro atoms. The number of halogens is 4. The van der Waals surface area contributed by atoms with Crippen LogP contribution in [0.3, 0.4) is 0 Å². The summed E-state index contributed by atoms with van der Waals surface area (Å²) in [7, 11) is 0. The molecule has 0 bridgehead atoms. The number of anilines is 1. The van der Waals surface area contributed by atoms with Crippen LogP contribution >= 0.6 is 24.2 Å². The van der Waals surface area contributed by atoms with Gasteiger partial charge < -0.3 is 15.8 Å². The first-order chi connectivity index (χ1) is 10.2. The zero-order valence-electron chi connectivity index (χ0n) is 12.8. The van der Waals surface area contributed by atoms with Crippen LogP contribution in [0.5, 0.6) is 5.75 Å². The Morgan fingerprint density at radius 3 is 2.61 bits per heavy atom. The first kappa shape index (κ1) is 21.9. The number of nitrogens with two attached hydrogens (primary N) is 1. The molecule has 0 saturated heterocycles. The summed E-state index contributed by atoms with van der Waals surface area (Å²) in [6.45, 7) is 0.258. The average Bonchev–Trinajstić information content (AvgIpc) is 2.42. The molecule has 0 aliphatic rings. The molecular weight excluding hydrogens is 353 g/mol. The third-order valence-electron chi connectivity index (χ3n) is 2.80. The van der Waals surface area contributed by atoms with Gasteiger partial charge in [0.2, 0.25) is 5.91 Å². The number of carbonyl (C=O) groups is 1. The number of hydrogen-bond acceptors (Lipinski definition) is 4. The number of amides is 1. The summed E-state index contributed by atoms with van der Waals surface area (Å²) in [4.78, 5) is 11.8. The van der Waals surface area contributed by atoms with Crippen LogP contribution in [0.15, 0.2) is 18.2 Å². The van der Waals surface area contributed by atoms with Crippen molar-refractivity contribution in [2.75, 3.05) is 23.9 Å². The van der Waals surface area contributed by atoms with Crippen molar-refractivity contribution in [3.8, 4) is 5.75 Å². The maximum absolute atomic E-state index is 12.1. The molecule has 1 rings (SSSR count). The van der Waals surface area contributed by atoms with Crippen LogP contribution in [0.2, 0.25) is 0 Å². The molecule has 0 heterocycles. The molecule has 1 aromatic carbocycles. The van der Waals surface area contributed by atoms with Gasteiger partial charge in [0.25, 0.3) is 0 Å². The lowest BCUT2D eigenvalue weighted by Gasteiger charge is -2.14. The lowest BCUT2D eigenvalue weighted by Crippen LogP contribution is -2.36. The normalized spacial score (nSPS) is 12.3. The van der Waals surface area contributed by atoms with Crippen molar-refractivity contribution in [3.63, 3.8) is 0 Å². The summed E-state index contributed by atoms with van der Waals surface area (Å²) >= 11 is 1.60. The van der Waals surface area contributed by atoms with Gasteiger partial charge in [0, 0.05) is 5.69 Å². The molecular formula is C14H20ClF3N2O2S. The van der Waals surface area contributed by atoms with E-state index in [1.807, 2.05) is 6.26 Å². The molecule has 1 aromatic rings. The summed E-state index contributed by atoms with van der Waals surface area (Å²) in [6.07, 6.45) is -1.91. The molecule has 4 nitrogen and oxygen atoms in total. The fourth-order valence-electron chi connectivity index (χ4n) is 1.66. The van der Waals surface area contributed by atoms with Gasteiger partial charge in [-0.2, -0.15) is 24.9 Å². The van der Waals surface area contributed by atoms with Gasteiger partial charge in [-0.1, -0.05) is 0 Å². The first-order valence-electron chi connectivity index (χ1n) is 6.58. The molecule has 0 unspecified atom stereocenters. The minimum Gasteiger partial charge on any atom is -0.484 e. The highest BCUT2D eigenvalue weighted by Gasteiger charge is 2.28. The zero-order chi connectivity index (χ0) is 16.8. The summed E-state index contributed by atoms with van der Waals surface area (Å²) < 4.78 is 41.0. The van der Waals surface area contributed by atoms with Gasteiger partial charge in [-0.3, -0.25) is 4.79 Å². The Morgan fingerprint density at radius 1 is 1.43 bits per heavy atom. The second kappa shape index (κ2) is 9.89. The molecule has 0 saturated carbocycles. The number of carbonyl (C=O) groups excluding carboxylic acids is 1. The largest absolute Gasteiger partial charge is 0.484 e. The Bertz CT molecular complexity index is 515. The predicted octanol–water partition coefficient (Wildman–Crippen LogP) is 3.38. The van der Waals surface area contributed by atoms with E-state index in [-0.39, 0.29) is 24.1 Å². The number of aryl methyl sites for hydroxylation is 1. The molecule has 9 heteroatoms. The third-order valence-corrected chi connectivity index (χ3v) is 3.45. The summed E-state index contributed by atoms with van der Waals surface area (Å²) in [6, 6.07) is 3.81. The van der Waals surface area contributed by atoms with Gasteiger partial charge in [-0.25, -0.2) is 0 Å². The molecule has 23 heavy (non-hydrogen) atoms. The van der Waals surface area contributed by atoms with Crippen molar-refractivity contribution in [1.29, 1.82) is 0 Å². The molecule has 0 aliphatic carbocycles. The van der Waals surface area contributed by atoms with Crippen molar-refractivity contribution in [2.24, 2.45) is 5.73 Å². The Labute approximate surface area is 143 Å². The van der Waals surface area contributed by atoms with Crippen molar-refractivity contribution < 1.29 is 22.7 Å². The fourth-order valence-corrected chi connectivity index (χ4v) is 2.15. The van der Waals surface area contributed by atoms with E-state index >= 15 is 0 Å². The van der Waals surface area contributed by atoms with E-state index < -0.39 is 18.8 Å². The molecule has 0 aliphatic heterocycles. The molecule has 0 radical (unpaired) electrons. The maximum Gasteiger partial charge on any atom is 0.422 e. The third kappa shape index (κ3) is 8.34. The highest BCUT2D eigenvalue weighted by Crippen LogP contribution is 2.24. The van der Waals surface area contributed by atoms with Gasteiger partial charge in [0.1, 0.15) is 5.75 Å². The van der Waals surface area contributed by atoms with Gasteiger partial charge in [0.15, 0.2) is 6.61 Å². The number of thioether (sulfide) groups is 1. The summed E-state index contributed by atoms with van der Waals surface area (Å²) in [5.74, 6) is 0.581. The van der Waals surface area contributed by atoms with Gasteiger partial charge in [0.05, 0.1) is 6.04 Å². The minimum atomic E-state index is -4.39. The summed E-state index contributed by atoms with van der Waals surface area (Å²) in [5.41, 5.74) is 6.71. The van der Waals surface area contributed by atoms with Crippen molar-refractivity contribution in [3.05, 3.63) is 23.8 Å². The molecule has 1 atom stereocenters. The van der Waals surface area contributed by atoms with Crippen LogP contribution in [0, 0.1) is 6.92 Å². The molecule has 3 N–H and O–H groups in total. The van der Waals surface area contributed by atoms with Gasteiger partial charge in [-0.05, 0) is 49.1 Å². The Hall–Kier alpha value is -1.12. The van der Waals surface area contributed by atoms with Crippen molar-refractivity contribution in [2.45, 2.75) is 25.6 Å². The smallest absolute Gasteiger partial charge is 0.422 e. The first-order valence-corrected chi connectivity index (χ1v) is 7.98. The number of benzene rings is 1. The lowest BCUT2D eigenvalue weighted by molar-refractivity contribution is -0.153. The lowest BCUT2D eigenvalue weighted by atomic mass is 10.1. The summed E-state index contributed by atoms with van der Waals surface area (Å²) in [5, 5.41) is 2.64. The van der Waals surface area contributed by atoms with E-state index in [0.29, 0.717) is 17.7 Å². The van der Waals surface area contributed by atoms with Gasteiger partial charge >= 0.3 is 6.18 Å². The zero-order valence-corrected chi connectivity index (χ0v) is 14.4. The minimum absolute atomic E-state index is 0. The standard InChI is InChI=1S/C14H19F3N2O2S.ClH/c1-9-7-10(19-13(20)11(18)5-6-22-2)3-4-12(9)21-8-14(15,16)17;/h3-4,7,11H,5-6,8,18H2,1-2H3,(H,19,20);1H/t11-;/m0./s1. The topological polar surface area (TPSA) is 64.4 Å². The van der Waals surface area contributed by atoms with E-state index in [4.69, 9.17) is 10.5 Å². The number of ether oxygens (including phenoxy) is 1. The fraction of sp³-hybridized carbons (Fsp3) is 0.500. The van der Waals surface area contributed by atoms with E-state index in [0.717, 1.165) is 5.75 Å². The Morgan fingerprint density at radius 2 is 2.09 bits per heavy atom. The molecule has 0 fully saturated rings. The van der Waals surface area contributed by atoms with E-state index in [2.05, 4.69) is 5.32 Å². The second-order valence-corrected chi connectivity index (χ2v) is 5.75. The number of nitrogens with one attached hydrogen (secondary N) is 1. The Kier molecular flexibility index (Phi) is 9.41. The van der Waals surface area contributed by atoms with E-state index in [9.17, 15) is 18.0 Å². The molecule has 0 aromatic heterocycles. The molecule has 1 amide bonds.